The summed E-state index contributed by atoms with van der Waals surface area (Å²) in [4.78, 5) is 2.63. The number of hydrogen-bond donors (Lipinski definition) is 1. The number of rotatable bonds is 4. The number of likely N-dealkylation sites (tertiary alicyclic amines) is 1. The first kappa shape index (κ1) is 14.0. The van der Waals surface area contributed by atoms with Gasteiger partial charge in [-0.2, -0.15) is 0 Å². The van der Waals surface area contributed by atoms with E-state index in [0.29, 0.717) is 5.41 Å². The molecule has 0 aliphatic carbocycles. The summed E-state index contributed by atoms with van der Waals surface area (Å²) in [6.07, 6.45) is 3.91. The van der Waals surface area contributed by atoms with Crippen LogP contribution in [0.4, 0.5) is 0 Å². The lowest BCUT2D eigenvalue weighted by molar-refractivity contribution is 0.102. The molecular formula is C14H30N2. The summed E-state index contributed by atoms with van der Waals surface area (Å²) in [5.41, 5.74) is 6.09. The fourth-order valence-corrected chi connectivity index (χ4v) is 2.80. The third kappa shape index (κ3) is 4.42. The Labute approximate surface area is 102 Å². The van der Waals surface area contributed by atoms with E-state index >= 15 is 0 Å². The minimum absolute atomic E-state index is 0.495. The van der Waals surface area contributed by atoms with Crippen molar-refractivity contribution in [2.24, 2.45) is 23.0 Å². The lowest BCUT2D eigenvalue weighted by Gasteiger charge is -2.39. The van der Waals surface area contributed by atoms with Crippen molar-refractivity contribution in [2.75, 3.05) is 26.2 Å². The molecule has 0 amide bonds. The standard InChI is InChI=1S/C14H30N2/c1-12(5-8-15)11-16-9-6-13(7-10-16)14(2,3)4/h12-13H,5-11,15H2,1-4H3. The van der Waals surface area contributed by atoms with Crippen molar-refractivity contribution in [3.05, 3.63) is 0 Å². The molecule has 96 valence electrons. The van der Waals surface area contributed by atoms with E-state index in [1.165, 1.54) is 38.9 Å². The normalized spacial score (nSPS) is 22.3. The lowest BCUT2D eigenvalue weighted by Crippen LogP contribution is -2.40. The van der Waals surface area contributed by atoms with Gasteiger partial charge in [-0.05, 0) is 56.1 Å². The van der Waals surface area contributed by atoms with Crippen molar-refractivity contribution < 1.29 is 0 Å². The van der Waals surface area contributed by atoms with Gasteiger partial charge in [-0.1, -0.05) is 27.7 Å². The molecule has 1 atom stereocenters. The average molecular weight is 226 g/mol. The Morgan fingerprint density at radius 2 is 1.81 bits per heavy atom. The molecule has 1 saturated heterocycles. The molecule has 1 aliphatic rings. The second-order valence-electron chi connectivity index (χ2n) is 6.62. The Morgan fingerprint density at radius 3 is 2.25 bits per heavy atom. The summed E-state index contributed by atoms with van der Waals surface area (Å²) in [5, 5.41) is 0. The summed E-state index contributed by atoms with van der Waals surface area (Å²) in [7, 11) is 0. The molecular weight excluding hydrogens is 196 g/mol. The van der Waals surface area contributed by atoms with Gasteiger partial charge in [0.15, 0.2) is 0 Å². The van der Waals surface area contributed by atoms with Crippen LogP contribution in [-0.2, 0) is 0 Å². The van der Waals surface area contributed by atoms with Crippen LogP contribution < -0.4 is 5.73 Å². The minimum atomic E-state index is 0.495. The first-order valence-corrected chi connectivity index (χ1v) is 6.86. The zero-order valence-corrected chi connectivity index (χ0v) is 11.6. The second-order valence-corrected chi connectivity index (χ2v) is 6.62. The predicted molar refractivity (Wildman–Crippen MR) is 71.5 cm³/mol. The molecule has 1 heterocycles. The smallest absolute Gasteiger partial charge is 0.000749 e. The van der Waals surface area contributed by atoms with Gasteiger partial charge in [-0.15, -0.1) is 0 Å². The zero-order valence-electron chi connectivity index (χ0n) is 11.6. The molecule has 0 aromatic carbocycles. The first-order chi connectivity index (χ1) is 7.43. The molecule has 0 spiro atoms. The van der Waals surface area contributed by atoms with Crippen molar-refractivity contribution in [1.29, 1.82) is 0 Å². The summed E-state index contributed by atoms with van der Waals surface area (Å²) >= 11 is 0. The van der Waals surface area contributed by atoms with Gasteiger partial charge in [0.25, 0.3) is 0 Å². The number of piperidine rings is 1. The minimum Gasteiger partial charge on any atom is -0.330 e. The van der Waals surface area contributed by atoms with Crippen molar-refractivity contribution in [2.45, 2.75) is 47.0 Å². The Balaban J connectivity index is 2.27. The summed E-state index contributed by atoms with van der Waals surface area (Å²) in [6.45, 7) is 14.1. The topological polar surface area (TPSA) is 29.3 Å². The predicted octanol–water partition coefficient (Wildman–Crippen LogP) is 2.73. The zero-order chi connectivity index (χ0) is 12.2. The molecule has 1 fully saturated rings. The third-order valence-corrected chi connectivity index (χ3v) is 4.04. The highest BCUT2D eigenvalue weighted by atomic mass is 15.1. The van der Waals surface area contributed by atoms with E-state index in [1.807, 2.05) is 0 Å². The monoisotopic (exact) mass is 226 g/mol. The molecule has 1 aliphatic heterocycles. The van der Waals surface area contributed by atoms with Gasteiger partial charge in [-0.25, -0.2) is 0 Å². The molecule has 1 unspecified atom stereocenters. The van der Waals surface area contributed by atoms with Crippen LogP contribution in [0, 0.1) is 17.3 Å². The fourth-order valence-electron chi connectivity index (χ4n) is 2.80. The van der Waals surface area contributed by atoms with Crippen LogP contribution in [0.25, 0.3) is 0 Å². The van der Waals surface area contributed by atoms with Crippen LogP contribution in [-0.4, -0.2) is 31.1 Å². The fraction of sp³-hybridized carbons (Fsp3) is 1.00. The van der Waals surface area contributed by atoms with Crippen molar-refractivity contribution in [3.8, 4) is 0 Å². The van der Waals surface area contributed by atoms with Crippen LogP contribution in [0.1, 0.15) is 47.0 Å². The number of hydrogen-bond acceptors (Lipinski definition) is 2. The van der Waals surface area contributed by atoms with E-state index in [0.717, 1.165) is 18.4 Å². The van der Waals surface area contributed by atoms with Crippen LogP contribution in [0.2, 0.25) is 0 Å². The summed E-state index contributed by atoms with van der Waals surface area (Å²) in [6, 6.07) is 0. The van der Waals surface area contributed by atoms with E-state index in [9.17, 15) is 0 Å². The maximum absolute atomic E-state index is 5.60. The molecule has 0 saturated carbocycles. The molecule has 0 aromatic heterocycles. The van der Waals surface area contributed by atoms with Crippen LogP contribution in [0.5, 0.6) is 0 Å². The summed E-state index contributed by atoms with van der Waals surface area (Å²) in [5.74, 6) is 1.67. The first-order valence-electron chi connectivity index (χ1n) is 6.86. The van der Waals surface area contributed by atoms with Crippen molar-refractivity contribution in [1.82, 2.24) is 4.90 Å². The van der Waals surface area contributed by atoms with Gasteiger partial charge in [0.05, 0.1) is 0 Å². The third-order valence-electron chi connectivity index (χ3n) is 4.04. The van der Waals surface area contributed by atoms with Crippen LogP contribution in [0.15, 0.2) is 0 Å². The largest absolute Gasteiger partial charge is 0.330 e. The quantitative estimate of drug-likeness (QED) is 0.798. The van der Waals surface area contributed by atoms with Gasteiger partial charge < -0.3 is 10.6 Å². The summed E-state index contributed by atoms with van der Waals surface area (Å²) < 4.78 is 0. The molecule has 1 rings (SSSR count). The highest BCUT2D eigenvalue weighted by molar-refractivity contribution is 4.81. The van der Waals surface area contributed by atoms with Crippen LogP contribution in [0.3, 0.4) is 0 Å². The Hall–Kier alpha value is -0.0800. The molecule has 16 heavy (non-hydrogen) atoms. The molecule has 2 heteroatoms. The highest BCUT2D eigenvalue weighted by Crippen LogP contribution is 2.34. The van der Waals surface area contributed by atoms with E-state index in [1.54, 1.807) is 0 Å². The second kappa shape index (κ2) is 6.02. The molecule has 2 nitrogen and oxygen atoms in total. The van der Waals surface area contributed by atoms with Gasteiger partial charge in [-0.3, -0.25) is 0 Å². The van der Waals surface area contributed by atoms with Gasteiger partial charge >= 0.3 is 0 Å². The Kier molecular flexibility index (Phi) is 5.26. The molecule has 0 radical (unpaired) electrons. The molecule has 0 bridgehead atoms. The molecule has 2 N–H and O–H groups in total. The maximum atomic E-state index is 5.60. The van der Waals surface area contributed by atoms with E-state index in [2.05, 4.69) is 32.6 Å². The average Bonchev–Trinajstić information content (AvgIpc) is 2.17. The number of nitrogens with zero attached hydrogens (tertiary/aromatic N) is 1. The van der Waals surface area contributed by atoms with Crippen molar-refractivity contribution >= 4 is 0 Å². The van der Waals surface area contributed by atoms with Crippen LogP contribution >= 0.6 is 0 Å². The van der Waals surface area contributed by atoms with Crippen molar-refractivity contribution in [3.63, 3.8) is 0 Å². The Morgan fingerprint density at radius 1 is 1.25 bits per heavy atom. The lowest BCUT2D eigenvalue weighted by atomic mass is 9.75. The molecule has 0 aromatic rings. The SMILES string of the molecule is CC(CCN)CN1CCC(C(C)(C)C)CC1. The highest BCUT2D eigenvalue weighted by Gasteiger charge is 2.28. The number of nitrogens with two attached hydrogens (primary N) is 1. The Bertz CT molecular complexity index is 187. The van der Waals surface area contributed by atoms with Gasteiger partial charge in [0.2, 0.25) is 0 Å². The van der Waals surface area contributed by atoms with Gasteiger partial charge in [0, 0.05) is 6.54 Å². The van der Waals surface area contributed by atoms with E-state index < -0.39 is 0 Å². The van der Waals surface area contributed by atoms with Gasteiger partial charge in [0.1, 0.15) is 0 Å². The van der Waals surface area contributed by atoms with E-state index in [-0.39, 0.29) is 0 Å². The van der Waals surface area contributed by atoms with E-state index in [4.69, 9.17) is 5.73 Å². The maximum Gasteiger partial charge on any atom is 0.000749 e.